The van der Waals surface area contributed by atoms with Gasteiger partial charge in [-0.2, -0.15) is 0 Å². The lowest BCUT2D eigenvalue weighted by atomic mass is 10.1. The van der Waals surface area contributed by atoms with Crippen LogP contribution in [0, 0.1) is 0 Å². The smallest absolute Gasteiger partial charge is 0.220 e. The first-order chi connectivity index (χ1) is 13.1. The summed E-state index contributed by atoms with van der Waals surface area (Å²) in [4.78, 5) is 11.3. The Bertz CT molecular complexity index is 469. The van der Waals surface area contributed by atoms with E-state index in [1.807, 2.05) is 6.08 Å². The Kier molecular flexibility index (Phi) is 17.9. The van der Waals surface area contributed by atoms with Crippen molar-refractivity contribution in [3.8, 4) is 0 Å². The number of unbranched alkanes of at least 4 members (excludes halogenated alkanes) is 3. The van der Waals surface area contributed by atoms with Crippen LogP contribution < -0.4 is 5.32 Å². The number of carbonyl (C=O) groups is 1. The summed E-state index contributed by atoms with van der Waals surface area (Å²) in [7, 11) is 0. The second-order valence-corrected chi connectivity index (χ2v) is 6.46. The fourth-order valence-corrected chi connectivity index (χ4v) is 2.31. The Morgan fingerprint density at radius 2 is 1.67 bits per heavy atom. The molecule has 4 N–H and O–H groups in total. The number of rotatable bonds is 16. The van der Waals surface area contributed by atoms with Crippen molar-refractivity contribution in [2.24, 2.45) is 0 Å². The Balaban J connectivity index is 3.82. The van der Waals surface area contributed by atoms with E-state index in [0.717, 1.165) is 6.42 Å². The van der Waals surface area contributed by atoms with Gasteiger partial charge in [-0.3, -0.25) is 4.79 Å². The van der Waals surface area contributed by atoms with Gasteiger partial charge in [0.15, 0.2) is 0 Å². The van der Waals surface area contributed by atoms with E-state index < -0.39 is 12.2 Å². The largest absolute Gasteiger partial charge is 0.395 e. The van der Waals surface area contributed by atoms with Crippen LogP contribution in [0.15, 0.2) is 48.6 Å². The van der Waals surface area contributed by atoms with E-state index in [9.17, 15) is 15.0 Å². The zero-order chi connectivity index (χ0) is 20.2. The molecule has 0 bridgehead atoms. The maximum Gasteiger partial charge on any atom is 0.220 e. The molecule has 0 heterocycles. The number of hydrogen-bond donors (Lipinski definition) is 4. The van der Waals surface area contributed by atoms with E-state index in [0.29, 0.717) is 25.7 Å². The lowest BCUT2D eigenvalue weighted by molar-refractivity contribution is -0.121. The van der Waals surface area contributed by atoms with Crippen molar-refractivity contribution in [1.29, 1.82) is 0 Å². The third kappa shape index (κ3) is 18.9. The summed E-state index contributed by atoms with van der Waals surface area (Å²) in [6.45, 7) is 2.39. The zero-order valence-electron chi connectivity index (χ0n) is 16.6. The fourth-order valence-electron chi connectivity index (χ4n) is 2.31. The number of aliphatic hydroxyl groups is 3. The molecule has 27 heavy (non-hydrogen) atoms. The van der Waals surface area contributed by atoms with Gasteiger partial charge in [0, 0.05) is 13.0 Å². The summed E-state index contributed by atoms with van der Waals surface area (Å²) < 4.78 is 0. The minimum absolute atomic E-state index is 0.0648. The molecule has 0 aromatic carbocycles. The lowest BCUT2D eigenvalue weighted by Crippen LogP contribution is -2.26. The second-order valence-electron chi connectivity index (χ2n) is 6.46. The van der Waals surface area contributed by atoms with Gasteiger partial charge in [-0.05, 0) is 32.1 Å². The average Bonchev–Trinajstić information content (AvgIpc) is 2.65. The first-order valence-corrected chi connectivity index (χ1v) is 10.0. The van der Waals surface area contributed by atoms with Gasteiger partial charge >= 0.3 is 0 Å². The van der Waals surface area contributed by atoms with Crippen molar-refractivity contribution >= 4 is 5.91 Å². The normalized spacial score (nSPS) is 14.7. The number of aliphatic hydroxyl groups excluding tert-OH is 3. The Labute approximate surface area is 164 Å². The van der Waals surface area contributed by atoms with Crippen LogP contribution in [0.2, 0.25) is 0 Å². The lowest BCUT2D eigenvalue weighted by Gasteiger charge is -2.05. The summed E-state index contributed by atoms with van der Waals surface area (Å²) in [6, 6.07) is 0. The second kappa shape index (κ2) is 19.1. The van der Waals surface area contributed by atoms with Crippen LogP contribution in [0.4, 0.5) is 0 Å². The third-order valence-corrected chi connectivity index (χ3v) is 3.86. The average molecular weight is 380 g/mol. The van der Waals surface area contributed by atoms with Crippen LogP contribution in [0.5, 0.6) is 0 Å². The van der Waals surface area contributed by atoms with E-state index in [1.165, 1.54) is 19.3 Å². The summed E-state index contributed by atoms with van der Waals surface area (Å²) >= 11 is 0. The molecule has 0 aliphatic rings. The molecule has 0 rings (SSSR count). The molecule has 154 valence electrons. The van der Waals surface area contributed by atoms with Gasteiger partial charge in [0.1, 0.15) is 0 Å². The van der Waals surface area contributed by atoms with Crippen LogP contribution in [-0.2, 0) is 4.79 Å². The predicted octanol–water partition coefficient (Wildman–Crippen LogP) is 3.18. The van der Waals surface area contributed by atoms with Gasteiger partial charge in [-0.25, -0.2) is 0 Å². The minimum atomic E-state index is -0.590. The van der Waals surface area contributed by atoms with Gasteiger partial charge in [0.25, 0.3) is 0 Å². The fraction of sp³-hybridized carbons (Fsp3) is 0.591. The van der Waals surface area contributed by atoms with Gasteiger partial charge in [0.2, 0.25) is 5.91 Å². The molecule has 0 aromatic rings. The van der Waals surface area contributed by atoms with Gasteiger partial charge in [0.05, 0.1) is 18.8 Å². The molecule has 0 aliphatic carbocycles. The number of carbonyl (C=O) groups excluding carboxylic acids is 1. The van der Waals surface area contributed by atoms with Crippen molar-refractivity contribution in [3.63, 3.8) is 0 Å². The highest BCUT2D eigenvalue weighted by molar-refractivity contribution is 5.75. The van der Waals surface area contributed by atoms with Crippen LogP contribution >= 0.6 is 0 Å². The SMILES string of the molecule is CCCCCC=CCC(O)C=CC=CC=CC(O)CCCC(=O)NCCO. The maximum atomic E-state index is 11.3. The molecule has 1 amide bonds. The highest BCUT2D eigenvalue weighted by Gasteiger charge is 2.03. The van der Waals surface area contributed by atoms with Gasteiger partial charge in [-0.1, -0.05) is 68.4 Å². The van der Waals surface area contributed by atoms with Crippen molar-refractivity contribution in [3.05, 3.63) is 48.6 Å². The van der Waals surface area contributed by atoms with Gasteiger partial charge < -0.3 is 20.6 Å². The first-order valence-electron chi connectivity index (χ1n) is 10.0. The highest BCUT2D eigenvalue weighted by Crippen LogP contribution is 2.03. The minimum Gasteiger partial charge on any atom is -0.395 e. The van der Waals surface area contributed by atoms with Crippen LogP contribution in [-0.4, -0.2) is 46.6 Å². The van der Waals surface area contributed by atoms with E-state index in [4.69, 9.17) is 5.11 Å². The monoisotopic (exact) mass is 379 g/mol. The summed E-state index contributed by atoms with van der Waals surface area (Å²) in [5.74, 6) is -0.111. The van der Waals surface area contributed by atoms with E-state index in [2.05, 4.69) is 18.3 Å². The Hall–Kier alpha value is -1.69. The molecule has 0 aliphatic heterocycles. The molecule has 0 fully saturated rings. The molecule has 2 unspecified atom stereocenters. The molecule has 5 nitrogen and oxygen atoms in total. The van der Waals surface area contributed by atoms with Crippen molar-refractivity contribution in [1.82, 2.24) is 5.32 Å². The van der Waals surface area contributed by atoms with Gasteiger partial charge in [-0.15, -0.1) is 0 Å². The van der Waals surface area contributed by atoms with Crippen LogP contribution in [0.3, 0.4) is 0 Å². The van der Waals surface area contributed by atoms with Crippen LogP contribution in [0.25, 0.3) is 0 Å². The standard InChI is InChI=1S/C22H37NO4/c1-2-3-4-5-6-9-13-20(25)14-10-7-8-11-15-21(26)16-12-17-22(27)23-18-19-24/h6-11,14-15,20-21,24-26H,2-5,12-13,16-19H2,1H3,(H,23,27). The topological polar surface area (TPSA) is 89.8 Å². The van der Waals surface area contributed by atoms with E-state index >= 15 is 0 Å². The molecule has 0 saturated heterocycles. The van der Waals surface area contributed by atoms with E-state index in [-0.39, 0.29) is 19.1 Å². The molecule has 0 spiro atoms. The van der Waals surface area contributed by atoms with Crippen molar-refractivity contribution in [2.45, 2.75) is 70.5 Å². The number of allylic oxidation sites excluding steroid dienone is 5. The van der Waals surface area contributed by atoms with Crippen LogP contribution in [0.1, 0.15) is 58.3 Å². The summed E-state index contributed by atoms with van der Waals surface area (Å²) in [5, 5.41) is 30.8. The molecular weight excluding hydrogens is 342 g/mol. The number of nitrogens with one attached hydrogen (secondary N) is 1. The highest BCUT2D eigenvalue weighted by atomic mass is 16.3. The Morgan fingerprint density at radius 1 is 0.963 bits per heavy atom. The Morgan fingerprint density at radius 3 is 2.33 bits per heavy atom. The quantitative estimate of drug-likeness (QED) is 0.188. The third-order valence-electron chi connectivity index (χ3n) is 3.86. The summed E-state index contributed by atoms with van der Waals surface area (Å²) in [5.41, 5.74) is 0. The van der Waals surface area contributed by atoms with E-state index in [1.54, 1.807) is 36.5 Å². The molecule has 0 radical (unpaired) electrons. The molecular formula is C22H37NO4. The number of hydrogen-bond acceptors (Lipinski definition) is 4. The predicted molar refractivity (Wildman–Crippen MR) is 111 cm³/mol. The molecule has 0 saturated carbocycles. The molecule has 5 heteroatoms. The maximum absolute atomic E-state index is 11.3. The number of amides is 1. The summed E-state index contributed by atoms with van der Waals surface area (Å²) in [6.07, 6.45) is 20.4. The van der Waals surface area contributed by atoms with Crippen molar-refractivity contribution in [2.75, 3.05) is 13.2 Å². The van der Waals surface area contributed by atoms with Crippen molar-refractivity contribution < 1.29 is 20.1 Å². The first kappa shape index (κ1) is 25.3. The molecule has 2 atom stereocenters. The zero-order valence-corrected chi connectivity index (χ0v) is 16.6. The molecule has 0 aromatic heterocycles.